The number of unbranched alkanes of at least 4 members (excludes halogenated alkanes) is 5. The molecular weight excluding hydrogens is 393 g/mol. The molecule has 2 aromatic carbocycles. The Morgan fingerprint density at radius 1 is 0.852 bits per heavy atom. The monoisotopic (exact) mass is 414 g/mol. The van der Waals surface area contributed by atoms with E-state index in [-0.39, 0.29) is 21.5 Å². The van der Waals surface area contributed by atoms with Crippen LogP contribution in [0.25, 0.3) is 0 Å². The number of halogens is 4. The van der Waals surface area contributed by atoms with Crippen molar-refractivity contribution >= 4 is 34.6 Å². The molecule has 0 bridgehead atoms. The minimum atomic E-state index is -0.861. The molecule has 146 valence electrons. The van der Waals surface area contributed by atoms with Gasteiger partial charge in [0, 0.05) is 12.1 Å². The molecule has 0 spiro atoms. The Labute approximate surface area is 168 Å². The van der Waals surface area contributed by atoms with E-state index in [9.17, 15) is 8.78 Å². The third-order valence-corrected chi connectivity index (χ3v) is 4.55. The number of benzene rings is 2. The van der Waals surface area contributed by atoms with E-state index in [0.29, 0.717) is 6.61 Å². The van der Waals surface area contributed by atoms with Gasteiger partial charge in [-0.3, -0.25) is 0 Å². The maximum atomic E-state index is 14.2. The molecule has 0 fully saturated rings. The third kappa shape index (κ3) is 6.74. The number of rotatable bonds is 10. The van der Waals surface area contributed by atoms with E-state index in [1.165, 1.54) is 19.3 Å². The largest absolute Gasteiger partial charge is 0.493 e. The summed E-state index contributed by atoms with van der Waals surface area (Å²) in [5.74, 6) is -1.59. The van der Waals surface area contributed by atoms with E-state index in [1.54, 1.807) is 18.2 Å². The van der Waals surface area contributed by atoms with Crippen molar-refractivity contribution in [3.8, 4) is 5.75 Å². The summed E-state index contributed by atoms with van der Waals surface area (Å²) in [7, 11) is 0. The predicted octanol–water partition coefficient (Wildman–Crippen LogP) is 8.43. The zero-order valence-corrected chi connectivity index (χ0v) is 16.7. The van der Waals surface area contributed by atoms with E-state index in [1.807, 2.05) is 0 Å². The van der Waals surface area contributed by atoms with Crippen molar-refractivity contribution in [2.24, 2.45) is 10.2 Å². The molecule has 2 aromatic rings. The summed E-state index contributed by atoms with van der Waals surface area (Å²) in [6.45, 7) is 2.58. The van der Waals surface area contributed by atoms with E-state index >= 15 is 0 Å². The van der Waals surface area contributed by atoms with Gasteiger partial charge in [0.05, 0.1) is 16.7 Å². The van der Waals surface area contributed by atoms with Crippen LogP contribution in [-0.2, 0) is 0 Å². The van der Waals surface area contributed by atoms with Crippen LogP contribution in [0.3, 0.4) is 0 Å². The van der Waals surface area contributed by atoms with Gasteiger partial charge in [-0.15, -0.1) is 10.2 Å². The Balaban J connectivity index is 1.97. The molecule has 0 aliphatic rings. The lowest BCUT2D eigenvalue weighted by molar-refractivity contribution is 0.301. The fourth-order valence-corrected chi connectivity index (χ4v) is 2.95. The molecule has 0 heterocycles. The fraction of sp³-hybridized carbons (Fsp3) is 0.400. The van der Waals surface area contributed by atoms with Crippen molar-refractivity contribution in [1.82, 2.24) is 0 Å². The van der Waals surface area contributed by atoms with Crippen LogP contribution in [0.4, 0.5) is 20.2 Å². The molecule has 0 atom stereocenters. The molecule has 0 saturated heterocycles. The second-order valence-electron chi connectivity index (χ2n) is 6.12. The smallest absolute Gasteiger partial charge is 0.157 e. The van der Waals surface area contributed by atoms with Crippen molar-refractivity contribution in [3.63, 3.8) is 0 Å². The Kier molecular flexibility index (Phi) is 8.95. The molecule has 27 heavy (non-hydrogen) atoms. The first-order chi connectivity index (χ1) is 13.0. The lowest BCUT2D eigenvalue weighted by Gasteiger charge is -2.08. The predicted molar refractivity (Wildman–Crippen MR) is 106 cm³/mol. The maximum Gasteiger partial charge on any atom is 0.157 e. The molecular formula is C20H22Cl2F2N2O. The lowest BCUT2D eigenvalue weighted by atomic mass is 10.1. The number of hydrogen-bond acceptors (Lipinski definition) is 3. The van der Waals surface area contributed by atoms with Crippen LogP contribution >= 0.6 is 23.2 Å². The first-order valence-corrected chi connectivity index (χ1v) is 9.76. The van der Waals surface area contributed by atoms with Crippen LogP contribution in [0.5, 0.6) is 5.75 Å². The zero-order chi connectivity index (χ0) is 19.6. The van der Waals surface area contributed by atoms with Gasteiger partial charge in [0.1, 0.15) is 11.4 Å². The summed E-state index contributed by atoms with van der Waals surface area (Å²) in [6, 6.07) is 6.97. The van der Waals surface area contributed by atoms with E-state index in [2.05, 4.69) is 17.2 Å². The second-order valence-corrected chi connectivity index (χ2v) is 6.94. The first kappa shape index (κ1) is 21.6. The molecule has 0 aliphatic heterocycles. The molecule has 7 heteroatoms. The van der Waals surface area contributed by atoms with Crippen molar-refractivity contribution in [2.75, 3.05) is 6.61 Å². The number of nitrogens with zero attached hydrogens (tertiary/aromatic N) is 2. The van der Waals surface area contributed by atoms with E-state index < -0.39 is 17.3 Å². The molecule has 3 nitrogen and oxygen atoms in total. The van der Waals surface area contributed by atoms with Crippen molar-refractivity contribution in [3.05, 3.63) is 52.0 Å². The highest BCUT2D eigenvalue weighted by atomic mass is 35.5. The maximum absolute atomic E-state index is 14.2. The average molecular weight is 415 g/mol. The summed E-state index contributed by atoms with van der Waals surface area (Å²) in [6.07, 6.45) is 6.65. The standard InChI is InChI=1S/C20H22Cl2F2N2O/c1-2-3-4-5-6-7-11-27-14-12-17(23)20(18(24)13-14)26-25-19-15(21)9-8-10-16(19)22/h8-10,12-13H,2-7,11H2,1H3. The lowest BCUT2D eigenvalue weighted by Crippen LogP contribution is -1.98. The van der Waals surface area contributed by atoms with Crippen LogP contribution < -0.4 is 4.74 Å². The quantitative estimate of drug-likeness (QED) is 0.283. The minimum absolute atomic E-state index is 0.133. The van der Waals surface area contributed by atoms with Crippen molar-refractivity contribution < 1.29 is 13.5 Å². The first-order valence-electron chi connectivity index (χ1n) is 9.00. The van der Waals surface area contributed by atoms with Crippen molar-refractivity contribution in [2.45, 2.75) is 45.4 Å². The van der Waals surface area contributed by atoms with Gasteiger partial charge in [-0.05, 0) is 18.6 Å². The highest BCUT2D eigenvalue weighted by Gasteiger charge is 2.13. The van der Waals surface area contributed by atoms with Gasteiger partial charge in [0.2, 0.25) is 0 Å². The average Bonchev–Trinajstić information content (AvgIpc) is 2.62. The van der Waals surface area contributed by atoms with Crippen LogP contribution in [0.2, 0.25) is 10.0 Å². The number of azo groups is 1. The Hall–Kier alpha value is -1.72. The molecule has 2 rings (SSSR count). The topological polar surface area (TPSA) is 34.0 Å². The van der Waals surface area contributed by atoms with Gasteiger partial charge in [0.25, 0.3) is 0 Å². The summed E-state index contributed by atoms with van der Waals surface area (Å²) in [5, 5.41) is 7.89. The van der Waals surface area contributed by atoms with Gasteiger partial charge in [0.15, 0.2) is 17.3 Å². The summed E-state index contributed by atoms with van der Waals surface area (Å²) in [4.78, 5) is 0. The van der Waals surface area contributed by atoms with Crippen LogP contribution in [0, 0.1) is 11.6 Å². The van der Waals surface area contributed by atoms with Crippen molar-refractivity contribution in [1.29, 1.82) is 0 Å². The van der Waals surface area contributed by atoms with E-state index in [4.69, 9.17) is 27.9 Å². The fourth-order valence-electron chi connectivity index (χ4n) is 2.48. The molecule has 0 unspecified atom stereocenters. The Morgan fingerprint density at radius 3 is 2.04 bits per heavy atom. The van der Waals surface area contributed by atoms with Crippen LogP contribution in [0.15, 0.2) is 40.6 Å². The SMILES string of the molecule is CCCCCCCCOc1cc(F)c(N=Nc2c(Cl)cccc2Cl)c(F)c1. The molecule has 0 N–H and O–H groups in total. The van der Waals surface area contributed by atoms with Gasteiger partial charge < -0.3 is 4.74 Å². The number of hydrogen-bond donors (Lipinski definition) is 0. The molecule has 0 amide bonds. The van der Waals surface area contributed by atoms with Crippen LogP contribution in [-0.4, -0.2) is 6.61 Å². The Bertz CT molecular complexity index is 741. The third-order valence-electron chi connectivity index (χ3n) is 3.94. The zero-order valence-electron chi connectivity index (χ0n) is 15.2. The molecule has 0 radical (unpaired) electrons. The van der Waals surface area contributed by atoms with Crippen LogP contribution in [0.1, 0.15) is 45.4 Å². The van der Waals surface area contributed by atoms with Gasteiger partial charge in [-0.1, -0.05) is 68.3 Å². The minimum Gasteiger partial charge on any atom is -0.493 e. The molecule has 0 saturated carbocycles. The summed E-state index contributed by atoms with van der Waals surface area (Å²) >= 11 is 11.9. The highest BCUT2D eigenvalue weighted by Crippen LogP contribution is 2.35. The number of ether oxygens (including phenoxy) is 1. The summed E-state index contributed by atoms with van der Waals surface area (Å²) < 4.78 is 33.8. The second kappa shape index (κ2) is 11.2. The van der Waals surface area contributed by atoms with Gasteiger partial charge in [-0.2, -0.15) is 0 Å². The summed E-state index contributed by atoms with van der Waals surface area (Å²) in [5.41, 5.74) is -0.360. The highest BCUT2D eigenvalue weighted by molar-refractivity contribution is 6.38. The normalized spacial score (nSPS) is 11.3. The Morgan fingerprint density at radius 2 is 1.41 bits per heavy atom. The molecule has 0 aliphatic carbocycles. The van der Waals surface area contributed by atoms with Gasteiger partial charge in [-0.25, -0.2) is 8.78 Å². The van der Waals surface area contributed by atoms with Gasteiger partial charge >= 0.3 is 0 Å². The molecule has 0 aromatic heterocycles. The van der Waals surface area contributed by atoms with E-state index in [0.717, 1.165) is 31.4 Å².